The Morgan fingerprint density at radius 2 is 0.670 bits per heavy atom. The second-order valence-corrected chi connectivity index (χ2v) is 29.6. The smallest absolute Gasteiger partial charge is 0.220 e. The van der Waals surface area contributed by atoms with Crippen LogP contribution in [-0.2, 0) is 33.2 Å². The zero-order valence-corrected chi connectivity index (χ0v) is 64.3. The van der Waals surface area contributed by atoms with Gasteiger partial charge in [0.2, 0.25) is 5.91 Å². The topological polar surface area (TPSA) is 307 Å². The molecule has 12 N–H and O–H groups in total. The second-order valence-electron chi connectivity index (χ2n) is 29.6. The van der Waals surface area contributed by atoms with Crippen LogP contribution in [0.3, 0.4) is 0 Å². The molecule has 1 amide bonds. The van der Waals surface area contributed by atoms with Crippen molar-refractivity contribution >= 4 is 5.91 Å². The molecule has 3 aliphatic rings. The van der Waals surface area contributed by atoms with E-state index in [4.69, 9.17) is 28.4 Å². The lowest BCUT2D eigenvalue weighted by Crippen LogP contribution is -2.66. The third-order valence-corrected chi connectivity index (χ3v) is 20.5. The van der Waals surface area contributed by atoms with E-state index in [1.165, 1.54) is 193 Å². The maximum atomic E-state index is 13.5. The Kier molecular flexibility index (Phi) is 58.8. The first-order valence-corrected chi connectivity index (χ1v) is 41.7. The molecule has 0 radical (unpaired) electrons. The van der Waals surface area contributed by atoms with Crippen LogP contribution in [0.15, 0.2) is 72.9 Å². The highest BCUT2D eigenvalue weighted by Crippen LogP contribution is 2.33. The van der Waals surface area contributed by atoms with Crippen LogP contribution in [0.25, 0.3) is 0 Å². The van der Waals surface area contributed by atoms with Crippen LogP contribution in [-0.4, -0.2) is 193 Å². The molecule has 19 heteroatoms. The number of ether oxygens (including phenoxy) is 6. The molecule has 0 aromatic rings. The number of carbonyl (C=O) groups is 1. The molecule has 0 spiro atoms. The molecular formula is C84H151NO18. The Balaban J connectivity index is 1.36. The Labute approximate surface area is 623 Å². The lowest BCUT2D eigenvalue weighted by molar-refractivity contribution is -0.379. The summed E-state index contributed by atoms with van der Waals surface area (Å²) in [7, 11) is 0. The quantitative estimate of drug-likeness (QED) is 0.0199. The van der Waals surface area contributed by atoms with E-state index in [2.05, 4.69) is 92.1 Å². The first-order valence-electron chi connectivity index (χ1n) is 41.7. The van der Waals surface area contributed by atoms with Gasteiger partial charge in [0.15, 0.2) is 18.9 Å². The van der Waals surface area contributed by atoms with Gasteiger partial charge in [-0.2, -0.15) is 0 Å². The number of unbranched alkanes of at least 4 members (excludes halogenated alkanes) is 38. The van der Waals surface area contributed by atoms with E-state index in [1.54, 1.807) is 0 Å². The van der Waals surface area contributed by atoms with Gasteiger partial charge in [-0.05, 0) is 64.2 Å². The van der Waals surface area contributed by atoms with Crippen molar-refractivity contribution in [1.82, 2.24) is 5.32 Å². The Morgan fingerprint density at radius 3 is 1.05 bits per heavy atom. The summed E-state index contributed by atoms with van der Waals surface area (Å²) in [5.41, 5.74) is 0. The fourth-order valence-corrected chi connectivity index (χ4v) is 13.9. The summed E-state index contributed by atoms with van der Waals surface area (Å²) in [5.74, 6) is -0.246. The molecule has 17 unspecified atom stereocenters. The molecule has 17 atom stereocenters. The number of nitrogens with one attached hydrogen (secondary N) is 1. The number of allylic oxidation sites excluding steroid dienone is 12. The molecule has 3 saturated heterocycles. The van der Waals surface area contributed by atoms with Crippen molar-refractivity contribution in [2.75, 3.05) is 26.4 Å². The molecule has 0 aromatic carbocycles. The van der Waals surface area contributed by atoms with Gasteiger partial charge in [-0.3, -0.25) is 4.79 Å². The van der Waals surface area contributed by atoms with Gasteiger partial charge in [0.25, 0.3) is 0 Å². The normalized spacial score (nSPS) is 26.4. The maximum Gasteiger partial charge on any atom is 0.220 e. The molecule has 3 fully saturated rings. The van der Waals surface area contributed by atoms with Crippen LogP contribution in [0, 0.1) is 0 Å². The molecule has 0 bridgehead atoms. The first-order chi connectivity index (χ1) is 50.3. The van der Waals surface area contributed by atoms with Gasteiger partial charge in [-0.25, -0.2) is 0 Å². The van der Waals surface area contributed by atoms with Crippen LogP contribution >= 0.6 is 0 Å². The van der Waals surface area contributed by atoms with Crippen LogP contribution in [0.5, 0.6) is 0 Å². The number of hydrogen-bond donors (Lipinski definition) is 12. The zero-order chi connectivity index (χ0) is 74.6. The molecule has 600 valence electrons. The van der Waals surface area contributed by atoms with Gasteiger partial charge in [0.1, 0.15) is 73.2 Å². The number of hydrogen-bond acceptors (Lipinski definition) is 18. The summed E-state index contributed by atoms with van der Waals surface area (Å²) in [5, 5.41) is 121. The summed E-state index contributed by atoms with van der Waals surface area (Å²) < 4.78 is 34.6. The fraction of sp³-hybridized carbons (Fsp3) is 0.845. The molecule has 3 heterocycles. The van der Waals surface area contributed by atoms with E-state index < -0.39 is 124 Å². The van der Waals surface area contributed by atoms with Crippen molar-refractivity contribution in [3.8, 4) is 0 Å². The summed E-state index contributed by atoms with van der Waals surface area (Å²) >= 11 is 0. The van der Waals surface area contributed by atoms with E-state index in [1.807, 2.05) is 0 Å². The van der Waals surface area contributed by atoms with E-state index in [9.17, 15) is 61.0 Å². The van der Waals surface area contributed by atoms with E-state index >= 15 is 0 Å². The average Bonchev–Trinajstić information content (AvgIpc) is 0.781. The SMILES string of the molecule is CC/C=C\C/C=C\C/C=C\C/C=C\C/C=C\C/C=C\CCCCCCCCCCCCC(=O)NC(COC1OC(CO)C(OC2OC(CO)C(OC3OC(CO)C(O)C(O)C3O)C(O)C2O)C(O)C1O)C(O)CCCCCCCCCCCCCCCCCCCCCCCCCCCCCCC. The molecule has 0 aromatic heterocycles. The van der Waals surface area contributed by atoms with Crippen molar-refractivity contribution < 1.29 is 89.4 Å². The number of carbonyl (C=O) groups excluding carboxylic acids is 1. The fourth-order valence-electron chi connectivity index (χ4n) is 13.9. The molecule has 103 heavy (non-hydrogen) atoms. The summed E-state index contributed by atoms with van der Waals surface area (Å²) in [6.45, 7) is 1.72. The minimum Gasteiger partial charge on any atom is -0.394 e. The predicted molar refractivity (Wildman–Crippen MR) is 411 cm³/mol. The Bertz CT molecular complexity index is 2140. The number of rotatable bonds is 66. The third kappa shape index (κ3) is 43.9. The number of amides is 1. The van der Waals surface area contributed by atoms with Crippen molar-refractivity contribution in [3.05, 3.63) is 72.9 Å². The van der Waals surface area contributed by atoms with E-state index in [0.717, 1.165) is 96.3 Å². The van der Waals surface area contributed by atoms with Crippen molar-refractivity contribution in [2.24, 2.45) is 0 Å². The summed E-state index contributed by atoms with van der Waals surface area (Å²) in [4.78, 5) is 13.5. The molecule has 3 aliphatic heterocycles. The minimum absolute atomic E-state index is 0.246. The molecule has 3 rings (SSSR count). The third-order valence-electron chi connectivity index (χ3n) is 20.5. The van der Waals surface area contributed by atoms with Crippen molar-refractivity contribution in [1.29, 1.82) is 0 Å². The highest BCUT2D eigenvalue weighted by molar-refractivity contribution is 5.76. The van der Waals surface area contributed by atoms with Crippen LogP contribution in [0.1, 0.15) is 322 Å². The molecule has 0 aliphatic carbocycles. The highest BCUT2D eigenvalue weighted by Gasteiger charge is 2.54. The molecular weight excluding hydrogens is 1310 g/mol. The Hall–Kier alpha value is -2.77. The number of aliphatic hydroxyl groups excluding tert-OH is 11. The van der Waals surface area contributed by atoms with E-state index in [-0.39, 0.29) is 18.9 Å². The summed E-state index contributed by atoms with van der Waals surface area (Å²) in [6.07, 6.45) is 57.0. The maximum absolute atomic E-state index is 13.5. The summed E-state index contributed by atoms with van der Waals surface area (Å²) in [6, 6.07) is -0.896. The largest absolute Gasteiger partial charge is 0.394 e. The highest BCUT2D eigenvalue weighted by atomic mass is 16.8. The van der Waals surface area contributed by atoms with Crippen LogP contribution in [0.4, 0.5) is 0 Å². The van der Waals surface area contributed by atoms with Gasteiger partial charge in [0, 0.05) is 6.42 Å². The first kappa shape index (κ1) is 94.4. The lowest BCUT2D eigenvalue weighted by atomic mass is 9.96. The van der Waals surface area contributed by atoms with Crippen molar-refractivity contribution in [3.63, 3.8) is 0 Å². The van der Waals surface area contributed by atoms with Crippen LogP contribution < -0.4 is 5.32 Å². The van der Waals surface area contributed by atoms with Gasteiger partial charge < -0.3 is 89.9 Å². The monoisotopic (exact) mass is 1460 g/mol. The second kappa shape index (κ2) is 64.1. The van der Waals surface area contributed by atoms with E-state index in [0.29, 0.717) is 12.8 Å². The van der Waals surface area contributed by atoms with Gasteiger partial charge >= 0.3 is 0 Å². The lowest BCUT2D eigenvalue weighted by Gasteiger charge is -2.48. The standard InChI is InChI=1S/C84H151NO18/c1-3-5-7-9-11-13-15-17-19-21-23-25-27-29-31-33-35-37-39-41-43-45-47-49-51-53-55-57-59-61-68(89)67(85-72(90)62-60-58-56-54-52-50-48-46-44-42-40-38-36-34-32-30-28-26-24-22-20-18-16-14-12-10-8-6-4-2)66-98-82-78(96)75(93)80(70(64-87)100-82)103-84-79(97)76(94)81(71(65-88)101-84)102-83-77(95)74(92)73(91)69(63-86)99-83/h6,8,12,14,18,20,24,26,30,32,36,38,67-71,73-84,86-89,91-97H,3-5,7,9-11,13,15-17,19,21-23,25,27-29,31,33-35,37,39-66H2,1-2H3,(H,85,90)/b8-6-,14-12-,20-18-,26-24-,32-30-,38-36-. The molecule has 0 saturated carbocycles. The van der Waals surface area contributed by atoms with Gasteiger partial charge in [-0.1, -0.05) is 324 Å². The minimum atomic E-state index is -1.98. The zero-order valence-electron chi connectivity index (χ0n) is 64.3. The number of aliphatic hydroxyl groups is 11. The molecule has 19 nitrogen and oxygen atoms in total. The van der Waals surface area contributed by atoms with Gasteiger partial charge in [0.05, 0.1) is 38.6 Å². The Morgan fingerprint density at radius 1 is 0.359 bits per heavy atom. The van der Waals surface area contributed by atoms with Crippen molar-refractivity contribution in [2.45, 2.75) is 426 Å². The van der Waals surface area contributed by atoms with Gasteiger partial charge in [-0.15, -0.1) is 0 Å². The average molecular weight is 1460 g/mol. The predicted octanol–water partition coefficient (Wildman–Crippen LogP) is 14.4. The van der Waals surface area contributed by atoms with Crippen LogP contribution in [0.2, 0.25) is 0 Å².